The van der Waals surface area contributed by atoms with E-state index >= 15 is 0 Å². The molecular formula is C21H26N8O5S. The summed E-state index contributed by atoms with van der Waals surface area (Å²) < 4.78 is 15.9. The van der Waals surface area contributed by atoms with Crippen LogP contribution in [-0.2, 0) is 4.79 Å². The molecule has 186 valence electrons. The quantitative estimate of drug-likeness (QED) is 0.0882. The van der Waals surface area contributed by atoms with Crippen molar-refractivity contribution in [1.82, 2.24) is 5.32 Å². The first-order valence-electron chi connectivity index (χ1n) is 10.1. The Morgan fingerprint density at radius 1 is 1.11 bits per heavy atom. The number of hydrogen-bond donors (Lipinski definition) is 3. The van der Waals surface area contributed by atoms with Gasteiger partial charge in [0, 0.05) is 16.4 Å². The number of methoxy groups -OCH3 is 2. The summed E-state index contributed by atoms with van der Waals surface area (Å²) in [6.45, 7) is 3.13. The SMILES string of the molecule is COc1cc(C(=O)NC(=S)N(N)c2cccc(N(N)C(=O)C(C)C)c2)cc(OCN=[N+]=[N-])c1OC. The second-order valence-corrected chi connectivity index (χ2v) is 7.61. The normalized spacial score (nSPS) is 10.1. The lowest BCUT2D eigenvalue weighted by atomic mass is 10.1. The van der Waals surface area contributed by atoms with Crippen molar-refractivity contribution < 1.29 is 23.8 Å². The van der Waals surface area contributed by atoms with Crippen molar-refractivity contribution in [3.8, 4) is 17.2 Å². The molecule has 14 heteroatoms. The maximum atomic E-state index is 12.9. The number of rotatable bonds is 9. The highest BCUT2D eigenvalue weighted by Gasteiger charge is 2.21. The summed E-state index contributed by atoms with van der Waals surface area (Å²) in [4.78, 5) is 27.7. The summed E-state index contributed by atoms with van der Waals surface area (Å²) in [5.74, 6) is 11.3. The Morgan fingerprint density at radius 2 is 1.74 bits per heavy atom. The van der Waals surface area contributed by atoms with Crippen molar-refractivity contribution in [2.24, 2.45) is 22.7 Å². The van der Waals surface area contributed by atoms with Crippen molar-refractivity contribution in [2.45, 2.75) is 13.8 Å². The number of hydrazine groups is 2. The highest BCUT2D eigenvalue weighted by atomic mass is 32.1. The third-order valence-corrected chi connectivity index (χ3v) is 4.90. The van der Waals surface area contributed by atoms with Crippen LogP contribution in [-0.4, -0.2) is 37.9 Å². The minimum absolute atomic E-state index is 0.110. The van der Waals surface area contributed by atoms with Crippen molar-refractivity contribution in [3.05, 3.63) is 52.4 Å². The van der Waals surface area contributed by atoms with Gasteiger partial charge in [-0.15, -0.1) is 0 Å². The number of thiocarbonyl (C=S) groups is 1. The number of benzene rings is 2. The van der Waals surface area contributed by atoms with Gasteiger partial charge in [-0.2, -0.15) is 0 Å². The molecule has 0 heterocycles. The summed E-state index contributed by atoms with van der Waals surface area (Å²) in [6, 6.07) is 9.26. The fourth-order valence-corrected chi connectivity index (χ4v) is 3.04. The predicted molar refractivity (Wildman–Crippen MR) is 134 cm³/mol. The molecule has 2 rings (SSSR count). The van der Waals surface area contributed by atoms with Gasteiger partial charge in [0.25, 0.3) is 5.91 Å². The number of ether oxygens (including phenoxy) is 3. The van der Waals surface area contributed by atoms with Gasteiger partial charge in [0.1, 0.15) is 0 Å². The zero-order chi connectivity index (χ0) is 26.1. The number of hydrogen-bond acceptors (Lipinski definition) is 9. The number of carbonyl (C=O) groups is 2. The van der Waals surface area contributed by atoms with Crippen molar-refractivity contribution in [3.63, 3.8) is 0 Å². The molecule has 0 aliphatic carbocycles. The van der Waals surface area contributed by atoms with Gasteiger partial charge < -0.3 is 14.2 Å². The van der Waals surface area contributed by atoms with Crippen molar-refractivity contribution in [1.29, 1.82) is 0 Å². The Balaban J connectivity index is 2.25. The zero-order valence-electron chi connectivity index (χ0n) is 19.6. The average Bonchev–Trinajstić information content (AvgIpc) is 2.86. The molecule has 0 spiro atoms. The largest absolute Gasteiger partial charge is 0.493 e. The molecule has 2 amide bonds. The van der Waals surface area contributed by atoms with E-state index in [2.05, 4.69) is 15.3 Å². The predicted octanol–water partition coefficient (Wildman–Crippen LogP) is 2.61. The van der Waals surface area contributed by atoms with Crippen LogP contribution in [0.25, 0.3) is 10.4 Å². The number of azide groups is 1. The molecule has 35 heavy (non-hydrogen) atoms. The van der Waals surface area contributed by atoms with Crippen LogP contribution in [0.2, 0.25) is 0 Å². The highest BCUT2D eigenvalue weighted by Crippen LogP contribution is 2.38. The lowest BCUT2D eigenvalue weighted by Gasteiger charge is -2.23. The molecule has 0 aliphatic rings. The van der Waals surface area contributed by atoms with Crippen LogP contribution in [0.3, 0.4) is 0 Å². The van der Waals surface area contributed by atoms with E-state index in [9.17, 15) is 9.59 Å². The first-order valence-corrected chi connectivity index (χ1v) is 10.5. The number of nitrogens with two attached hydrogens (primary N) is 2. The van der Waals surface area contributed by atoms with Crippen LogP contribution in [0.4, 0.5) is 11.4 Å². The lowest BCUT2D eigenvalue weighted by Crippen LogP contribution is -2.47. The van der Waals surface area contributed by atoms with Crippen molar-refractivity contribution in [2.75, 3.05) is 31.0 Å². The van der Waals surface area contributed by atoms with E-state index in [0.717, 1.165) is 10.0 Å². The Labute approximate surface area is 207 Å². The van der Waals surface area contributed by atoms with Crippen LogP contribution >= 0.6 is 12.2 Å². The van der Waals surface area contributed by atoms with Gasteiger partial charge in [0.2, 0.25) is 11.7 Å². The summed E-state index contributed by atoms with van der Waals surface area (Å²) in [6.07, 6.45) is 0. The first-order chi connectivity index (χ1) is 16.6. The average molecular weight is 503 g/mol. The minimum Gasteiger partial charge on any atom is -0.493 e. The standard InChI is InChI=1S/C21H26N8O5S/c1-12(2)20(31)28(23)14-6-5-7-15(10-14)29(24)21(35)26-19(30)13-8-16(32-3)18(33-4)17(9-13)34-11-25-27-22/h5-10,12H,11,23-24H2,1-4H3,(H,26,30,35). The Bertz CT molecular complexity index is 1150. The molecule has 0 bridgehead atoms. The molecule has 0 aliphatic heterocycles. The molecule has 0 saturated carbocycles. The van der Waals surface area contributed by atoms with Gasteiger partial charge in [-0.1, -0.05) is 25.0 Å². The molecule has 0 unspecified atom stereocenters. The van der Waals surface area contributed by atoms with E-state index in [-0.39, 0.29) is 46.5 Å². The number of carbonyl (C=O) groups excluding carboxylic acids is 2. The fraction of sp³-hybridized carbons (Fsp3) is 0.286. The summed E-state index contributed by atoms with van der Waals surface area (Å²) in [5.41, 5.74) is 9.35. The van der Waals surface area contributed by atoms with Crippen LogP contribution in [0, 0.1) is 5.92 Å². The minimum atomic E-state index is -0.619. The number of nitrogens with one attached hydrogen (secondary N) is 1. The van der Waals surface area contributed by atoms with Crippen molar-refractivity contribution >= 4 is 40.5 Å². The molecule has 0 atom stereocenters. The molecule has 0 aromatic heterocycles. The zero-order valence-corrected chi connectivity index (χ0v) is 20.4. The smallest absolute Gasteiger partial charge is 0.257 e. The summed E-state index contributed by atoms with van der Waals surface area (Å²) >= 11 is 5.28. The third kappa shape index (κ3) is 6.71. The van der Waals surface area contributed by atoms with Gasteiger partial charge in [-0.3, -0.25) is 19.9 Å². The second kappa shape index (κ2) is 12.4. The van der Waals surface area contributed by atoms with E-state index in [1.165, 1.54) is 26.4 Å². The molecule has 0 fully saturated rings. The highest BCUT2D eigenvalue weighted by molar-refractivity contribution is 7.80. The summed E-state index contributed by atoms with van der Waals surface area (Å²) in [5, 5.41) is 7.77. The summed E-state index contributed by atoms with van der Waals surface area (Å²) in [7, 11) is 2.78. The van der Waals surface area contributed by atoms with E-state index in [0.29, 0.717) is 11.4 Å². The van der Waals surface area contributed by atoms with Gasteiger partial charge in [-0.05, 0) is 48.1 Å². The van der Waals surface area contributed by atoms with E-state index < -0.39 is 5.91 Å². The van der Waals surface area contributed by atoms with E-state index in [4.69, 9.17) is 43.6 Å². The lowest BCUT2D eigenvalue weighted by molar-refractivity contribution is -0.121. The number of amides is 2. The van der Waals surface area contributed by atoms with Gasteiger partial charge in [-0.25, -0.2) is 16.7 Å². The molecule has 0 radical (unpaired) electrons. The van der Waals surface area contributed by atoms with Crippen LogP contribution in [0.1, 0.15) is 24.2 Å². The maximum absolute atomic E-state index is 12.9. The van der Waals surface area contributed by atoms with Gasteiger partial charge in [0.05, 0.1) is 25.6 Å². The first kappa shape index (κ1) is 27.1. The molecule has 0 saturated heterocycles. The Hall–Kier alpha value is -4.10. The van der Waals surface area contributed by atoms with Gasteiger partial charge >= 0.3 is 0 Å². The van der Waals surface area contributed by atoms with Crippen LogP contribution < -0.4 is 41.2 Å². The van der Waals surface area contributed by atoms with E-state index in [1.807, 2.05) is 0 Å². The van der Waals surface area contributed by atoms with Crippen LogP contribution in [0.5, 0.6) is 17.2 Å². The topological polar surface area (TPSA) is 181 Å². The Morgan fingerprint density at radius 3 is 2.31 bits per heavy atom. The molecule has 5 N–H and O–H groups in total. The third-order valence-electron chi connectivity index (χ3n) is 4.60. The maximum Gasteiger partial charge on any atom is 0.257 e. The second-order valence-electron chi connectivity index (χ2n) is 7.23. The molecule has 2 aromatic carbocycles. The number of nitrogens with zero attached hydrogens (tertiary/aromatic N) is 5. The van der Waals surface area contributed by atoms with E-state index in [1.54, 1.807) is 38.1 Å². The molecular weight excluding hydrogens is 476 g/mol. The fourth-order valence-electron chi connectivity index (χ4n) is 2.84. The monoisotopic (exact) mass is 502 g/mol. The van der Waals surface area contributed by atoms with Gasteiger partial charge in [0.15, 0.2) is 23.3 Å². The number of anilines is 2. The molecule has 2 aromatic rings. The Kier molecular flexibility index (Phi) is 9.61. The van der Waals surface area contributed by atoms with Crippen LogP contribution in [0.15, 0.2) is 41.5 Å². The molecule has 13 nitrogen and oxygen atoms in total.